The van der Waals surface area contributed by atoms with E-state index in [1.54, 1.807) is 6.07 Å². The van der Waals surface area contributed by atoms with Gasteiger partial charge in [-0.25, -0.2) is 9.97 Å². The van der Waals surface area contributed by atoms with Crippen LogP contribution in [0.2, 0.25) is 0 Å². The van der Waals surface area contributed by atoms with Crippen LogP contribution in [0.1, 0.15) is 31.0 Å². The molecule has 0 fully saturated rings. The van der Waals surface area contributed by atoms with Crippen molar-refractivity contribution in [3.8, 4) is 5.75 Å². The van der Waals surface area contributed by atoms with Crippen LogP contribution < -0.4 is 4.74 Å². The summed E-state index contributed by atoms with van der Waals surface area (Å²) < 4.78 is 44.3. The van der Waals surface area contributed by atoms with E-state index in [-0.39, 0.29) is 17.2 Å². The highest BCUT2D eigenvalue weighted by molar-refractivity contribution is 5.86. The standard InChI is InChI=1S/C13H13F3N2O/c1-7(2)11-8-4-5-9(19-3)10(13(14,15)16)12(8)18-6-17-11/h4-7H,1-3H3. The van der Waals surface area contributed by atoms with Crippen LogP contribution in [0.5, 0.6) is 5.75 Å². The average molecular weight is 270 g/mol. The van der Waals surface area contributed by atoms with E-state index in [0.717, 1.165) is 6.33 Å². The lowest BCUT2D eigenvalue weighted by molar-refractivity contribution is -0.137. The highest BCUT2D eigenvalue weighted by atomic mass is 19.4. The summed E-state index contributed by atoms with van der Waals surface area (Å²) in [7, 11) is 1.21. The fourth-order valence-electron chi connectivity index (χ4n) is 2.04. The van der Waals surface area contributed by atoms with E-state index < -0.39 is 11.7 Å². The molecule has 1 heterocycles. The van der Waals surface area contributed by atoms with Gasteiger partial charge in [0.15, 0.2) is 0 Å². The van der Waals surface area contributed by atoms with Crippen LogP contribution in [-0.4, -0.2) is 17.1 Å². The molecular formula is C13H13F3N2O. The van der Waals surface area contributed by atoms with E-state index in [1.165, 1.54) is 13.2 Å². The first-order chi connectivity index (χ1) is 8.86. The van der Waals surface area contributed by atoms with Crippen molar-refractivity contribution in [2.24, 2.45) is 0 Å². The van der Waals surface area contributed by atoms with E-state index in [2.05, 4.69) is 9.97 Å². The summed E-state index contributed by atoms with van der Waals surface area (Å²) in [5.74, 6) is -0.214. The third kappa shape index (κ3) is 2.34. The van der Waals surface area contributed by atoms with Crippen LogP contribution in [0, 0.1) is 0 Å². The number of rotatable bonds is 2. The number of benzene rings is 1. The first kappa shape index (κ1) is 13.6. The van der Waals surface area contributed by atoms with Crippen LogP contribution in [0.4, 0.5) is 13.2 Å². The number of methoxy groups -OCH3 is 1. The molecular weight excluding hydrogens is 257 g/mol. The monoisotopic (exact) mass is 270 g/mol. The number of alkyl halides is 3. The van der Waals surface area contributed by atoms with Gasteiger partial charge in [0.05, 0.1) is 18.3 Å². The van der Waals surface area contributed by atoms with Crippen LogP contribution >= 0.6 is 0 Å². The minimum absolute atomic E-state index is 0.0139. The summed E-state index contributed by atoms with van der Waals surface area (Å²) in [5.41, 5.74) is -0.375. The zero-order valence-electron chi connectivity index (χ0n) is 10.7. The topological polar surface area (TPSA) is 35.0 Å². The summed E-state index contributed by atoms with van der Waals surface area (Å²) in [6, 6.07) is 2.87. The van der Waals surface area contributed by atoms with Gasteiger partial charge in [-0.3, -0.25) is 0 Å². The van der Waals surface area contributed by atoms with Gasteiger partial charge in [0.2, 0.25) is 0 Å². The van der Waals surface area contributed by atoms with Crippen molar-refractivity contribution in [1.82, 2.24) is 9.97 Å². The minimum Gasteiger partial charge on any atom is -0.496 e. The first-order valence-corrected chi connectivity index (χ1v) is 5.75. The Hall–Kier alpha value is -1.85. The Labute approximate surface area is 108 Å². The molecule has 0 spiro atoms. The van der Waals surface area contributed by atoms with Crippen LogP contribution in [0.15, 0.2) is 18.5 Å². The normalized spacial score (nSPS) is 12.2. The largest absolute Gasteiger partial charge is 0.496 e. The maximum atomic E-state index is 13.2. The van der Waals surface area contributed by atoms with Gasteiger partial charge < -0.3 is 4.74 Å². The van der Waals surface area contributed by atoms with Gasteiger partial charge in [0.25, 0.3) is 0 Å². The number of hydrogen-bond donors (Lipinski definition) is 0. The third-order valence-corrected chi connectivity index (χ3v) is 2.85. The molecule has 0 saturated carbocycles. The molecule has 1 aromatic heterocycles. The molecule has 0 bridgehead atoms. The summed E-state index contributed by atoms with van der Waals surface area (Å²) in [6.07, 6.45) is -3.36. The summed E-state index contributed by atoms with van der Waals surface area (Å²) in [6.45, 7) is 3.75. The maximum Gasteiger partial charge on any atom is 0.422 e. The average Bonchev–Trinajstić information content (AvgIpc) is 2.34. The van der Waals surface area contributed by atoms with E-state index in [1.807, 2.05) is 13.8 Å². The lowest BCUT2D eigenvalue weighted by Crippen LogP contribution is -2.10. The maximum absolute atomic E-state index is 13.2. The SMILES string of the molecule is COc1ccc2c(C(C)C)ncnc2c1C(F)(F)F. The molecule has 6 heteroatoms. The van der Waals surface area contributed by atoms with E-state index >= 15 is 0 Å². The highest BCUT2D eigenvalue weighted by Gasteiger charge is 2.37. The Bertz CT molecular complexity index is 609. The molecule has 3 nitrogen and oxygen atoms in total. The van der Waals surface area contributed by atoms with Gasteiger partial charge in [0.1, 0.15) is 17.6 Å². The Morgan fingerprint density at radius 3 is 2.37 bits per heavy atom. The number of aromatic nitrogens is 2. The number of nitrogens with zero attached hydrogens (tertiary/aromatic N) is 2. The van der Waals surface area contributed by atoms with Gasteiger partial charge in [0, 0.05) is 5.39 Å². The first-order valence-electron chi connectivity index (χ1n) is 5.75. The molecule has 19 heavy (non-hydrogen) atoms. The quantitative estimate of drug-likeness (QED) is 0.833. The summed E-state index contributed by atoms with van der Waals surface area (Å²) in [4.78, 5) is 7.85. The molecule has 0 aliphatic carbocycles. The van der Waals surface area contributed by atoms with Crippen LogP contribution in [0.3, 0.4) is 0 Å². The molecule has 0 aliphatic heterocycles. The zero-order valence-corrected chi connectivity index (χ0v) is 10.7. The summed E-state index contributed by atoms with van der Waals surface area (Å²) in [5, 5.41) is 0.408. The fraction of sp³-hybridized carbons (Fsp3) is 0.385. The number of ether oxygens (including phenoxy) is 1. The van der Waals surface area contributed by atoms with Gasteiger partial charge in [-0.15, -0.1) is 0 Å². The van der Waals surface area contributed by atoms with E-state index in [9.17, 15) is 13.2 Å². The van der Waals surface area contributed by atoms with Crippen molar-refractivity contribution >= 4 is 10.9 Å². The second-order valence-corrected chi connectivity index (χ2v) is 4.45. The van der Waals surface area contributed by atoms with Crippen LogP contribution in [-0.2, 0) is 6.18 Å². The molecule has 2 rings (SSSR count). The molecule has 0 atom stereocenters. The van der Waals surface area contributed by atoms with Gasteiger partial charge >= 0.3 is 6.18 Å². The minimum atomic E-state index is -4.52. The molecule has 2 aromatic rings. The molecule has 0 radical (unpaired) electrons. The van der Waals surface area contributed by atoms with Crippen molar-refractivity contribution in [1.29, 1.82) is 0 Å². The van der Waals surface area contributed by atoms with Crippen molar-refractivity contribution in [2.45, 2.75) is 25.9 Å². The van der Waals surface area contributed by atoms with E-state index in [0.29, 0.717) is 11.1 Å². The number of halogens is 3. The second kappa shape index (κ2) is 4.68. The van der Waals surface area contributed by atoms with Gasteiger partial charge in [-0.1, -0.05) is 13.8 Å². The third-order valence-electron chi connectivity index (χ3n) is 2.85. The predicted molar refractivity (Wildman–Crippen MR) is 65.2 cm³/mol. The second-order valence-electron chi connectivity index (χ2n) is 4.45. The van der Waals surface area contributed by atoms with Crippen LogP contribution in [0.25, 0.3) is 10.9 Å². The Balaban J connectivity index is 2.87. The molecule has 0 unspecified atom stereocenters. The molecule has 1 aromatic carbocycles. The smallest absolute Gasteiger partial charge is 0.422 e. The lowest BCUT2D eigenvalue weighted by atomic mass is 10.0. The fourth-order valence-corrected chi connectivity index (χ4v) is 2.04. The van der Waals surface area contributed by atoms with Crippen molar-refractivity contribution in [2.75, 3.05) is 7.11 Å². The zero-order chi connectivity index (χ0) is 14.2. The van der Waals surface area contributed by atoms with Crippen molar-refractivity contribution in [3.05, 3.63) is 29.7 Å². The Morgan fingerprint density at radius 2 is 1.84 bits per heavy atom. The Morgan fingerprint density at radius 1 is 1.16 bits per heavy atom. The van der Waals surface area contributed by atoms with Gasteiger partial charge in [-0.05, 0) is 18.1 Å². The van der Waals surface area contributed by atoms with Crippen molar-refractivity contribution < 1.29 is 17.9 Å². The predicted octanol–water partition coefficient (Wildman–Crippen LogP) is 3.78. The van der Waals surface area contributed by atoms with Gasteiger partial charge in [-0.2, -0.15) is 13.2 Å². The molecule has 102 valence electrons. The number of hydrogen-bond acceptors (Lipinski definition) is 3. The Kier molecular flexibility index (Phi) is 3.34. The molecule has 0 saturated heterocycles. The molecule has 0 amide bonds. The van der Waals surface area contributed by atoms with Crippen molar-refractivity contribution in [3.63, 3.8) is 0 Å². The molecule has 0 aliphatic rings. The summed E-state index contributed by atoms with van der Waals surface area (Å²) >= 11 is 0. The van der Waals surface area contributed by atoms with E-state index in [4.69, 9.17) is 4.74 Å². The molecule has 0 N–H and O–H groups in total. The highest BCUT2D eigenvalue weighted by Crippen LogP contribution is 2.41. The lowest BCUT2D eigenvalue weighted by Gasteiger charge is -2.16. The number of fused-ring (bicyclic) bond motifs is 1.